The van der Waals surface area contributed by atoms with Crippen LogP contribution in [0.1, 0.15) is 17.5 Å². The Labute approximate surface area is 184 Å². The van der Waals surface area contributed by atoms with E-state index in [0.29, 0.717) is 34.6 Å². The maximum Gasteiger partial charge on any atom is 0.162 e. The smallest absolute Gasteiger partial charge is 0.162 e. The van der Waals surface area contributed by atoms with Gasteiger partial charge in [-0.15, -0.1) is 0 Å². The molecule has 0 heterocycles. The van der Waals surface area contributed by atoms with Crippen molar-refractivity contribution in [3.8, 4) is 11.5 Å². The van der Waals surface area contributed by atoms with Crippen molar-refractivity contribution >= 4 is 39.1 Å². The molecule has 28 heavy (non-hydrogen) atoms. The highest BCUT2D eigenvalue weighted by atomic mass is 79.9. The van der Waals surface area contributed by atoms with Gasteiger partial charge in [-0.05, 0) is 49.3 Å². The molecule has 0 atom stereocenters. The zero-order valence-corrected chi connectivity index (χ0v) is 18.8. The van der Waals surface area contributed by atoms with E-state index in [2.05, 4.69) is 26.6 Å². The summed E-state index contributed by atoms with van der Waals surface area (Å²) in [5, 5.41) is 16.4. The zero-order chi connectivity index (χ0) is 20.4. The molecule has 5 nitrogen and oxygen atoms in total. The highest BCUT2D eigenvalue weighted by Crippen LogP contribution is 2.35. The molecular weight excluding hydrogens is 467 g/mol. The van der Waals surface area contributed by atoms with Crippen LogP contribution >= 0.6 is 39.1 Å². The van der Waals surface area contributed by atoms with Crippen molar-refractivity contribution in [3.05, 3.63) is 56.0 Å². The van der Waals surface area contributed by atoms with E-state index in [1.165, 1.54) is 0 Å². The fraction of sp³-hybridized carbons (Fsp3) is 0.400. The van der Waals surface area contributed by atoms with Crippen LogP contribution in [0.3, 0.4) is 0 Å². The molecule has 0 radical (unpaired) electrons. The lowest BCUT2D eigenvalue weighted by Gasteiger charge is -2.15. The van der Waals surface area contributed by atoms with Crippen molar-refractivity contribution in [1.82, 2.24) is 10.6 Å². The molecule has 8 heteroatoms. The van der Waals surface area contributed by atoms with Gasteiger partial charge in [-0.3, -0.25) is 0 Å². The van der Waals surface area contributed by atoms with Gasteiger partial charge in [-0.1, -0.05) is 45.2 Å². The number of aliphatic hydroxyl groups excluding tert-OH is 1. The van der Waals surface area contributed by atoms with Gasteiger partial charge < -0.3 is 25.2 Å². The third-order valence-electron chi connectivity index (χ3n) is 4.08. The maximum atomic E-state index is 8.73. The van der Waals surface area contributed by atoms with Crippen molar-refractivity contribution in [1.29, 1.82) is 0 Å². The Kier molecular flexibility index (Phi) is 10.4. The van der Waals surface area contributed by atoms with E-state index in [0.717, 1.165) is 35.1 Å². The number of halogens is 3. The lowest BCUT2D eigenvalue weighted by Crippen LogP contribution is -2.24. The zero-order valence-electron chi connectivity index (χ0n) is 15.7. The highest BCUT2D eigenvalue weighted by Gasteiger charge is 2.12. The van der Waals surface area contributed by atoms with E-state index in [9.17, 15) is 0 Å². The molecule has 0 saturated carbocycles. The predicted octanol–water partition coefficient (Wildman–Crippen LogP) is 4.41. The fourth-order valence-corrected chi connectivity index (χ4v) is 3.54. The van der Waals surface area contributed by atoms with Gasteiger partial charge in [0.15, 0.2) is 11.5 Å². The van der Waals surface area contributed by atoms with Gasteiger partial charge in [0, 0.05) is 33.2 Å². The Balaban J connectivity index is 1.95. The van der Waals surface area contributed by atoms with Crippen LogP contribution in [0.4, 0.5) is 0 Å². The summed E-state index contributed by atoms with van der Waals surface area (Å²) in [6.07, 6.45) is 0.981. The average Bonchev–Trinajstić information content (AvgIpc) is 2.68. The molecule has 0 unspecified atom stereocenters. The van der Waals surface area contributed by atoms with Crippen LogP contribution in [0.5, 0.6) is 11.5 Å². The molecule has 0 fully saturated rings. The number of aliphatic hydroxyl groups is 1. The molecule has 0 bridgehead atoms. The van der Waals surface area contributed by atoms with Crippen molar-refractivity contribution in [3.63, 3.8) is 0 Å². The van der Waals surface area contributed by atoms with E-state index in [1.807, 2.05) is 12.1 Å². The van der Waals surface area contributed by atoms with Crippen LogP contribution in [0.2, 0.25) is 10.0 Å². The van der Waals surface area contributed by atoms with Crippen molar-refractivity contribution in [2.45, 2.75) is 19.6 Å². The largest absolute Gasteiger partial charge is 0.493 e. The molecule has 0 aliphatic heterocycles. The van der Waals surface area contributed by atoms with Gasteiger partial charge in [0.05, 0.1) is 13.7 Å². The van der Waals surface area contributed by atoms with E-state index in [4.69, 9.17) is 37.8 Å². The molecule has 0 spiro atoms. The summed E-state index contributed by atoms with van der Waals surface area (Å²) in [4.78, 5) is 0. The van der Waals surface area contributed by atoms with E-state index < -0.39 is 0 Å². The fourth-order valence-electron chi connectivity index (χ4n) is 2.57. The highest BCUT2D eigenvalue weighted by molar-refractivity contribution is 9.10. The minimum absolute atomic E-state index is 0.164. The summed E-state index contributed by atoms with van der Waals surface area (Å²) in [6.45, 7) is 3.49. The molecule has 0 saturated heterocycles. The molecule has 0 amide bonds. The second kappa shape index (κ2) is 12.5. The van der Waals surface area contributed by atoms with Gasteiger partial charge in [-0.25, -0.2) is 0 Å². The van der Waals surface area contributed by atoms with Crippen LogP contribution in [0.15, 0.2) is 34.8 Å². The number of benzene rings is 2. The predicted molar refractivity (Wildman–Crippen MR) is 118 cm³/mol. The first-order valence-electron chi connectivity index (χ1n) is 9.01. The lowest BCUT2D eigenvalue weighted by atomic mass is 10.2. The molecule has 3 N–H and O–H groups in total. The minimum atomic E-state index is 0.164. The number of nitrogens with one attached hydrogen (secondary N) is 2. The summed E-state index contributed by atoms with van der Waals surface area (Å²) in [7, 11) is 1.61. The minimum Gasteiger partial charge on any atom is -0.493 e. The third-order valence-corrected chi connectivity index (χ3v) is 5.52. The van der Waals surface area contributed by atoms with Gasteiger partial charge >= 0.3 is 0 Å². The van der Waals surface area contributed by atoms with E-state index >= 15 is 0 Å². The topological polar surface area (TPSA) is 62.8 Å². The van der Waals surface area contributed by atoms with Crippen LogP contribution in [0.25, 0.3) is 0 Å². The maximum absolute atomic E-state index is 8.73. The van der Waals surface area contributed by atoms with Crippen molar-refractivity contribution in [2.75, 3.05) is 33.4 Å². The Morgan fingerprint density at radius 2 is 1.75 bits per heavy atom. The summed E-state index contributed by atoms with van der Waals surface area (Å²) < 4.78 is 12.3. The number of hydrogen-bond acceptors (Lipinski definition) is 5. The first-order valence-corrected chi connectivity index (χ1v) is 10.6. The van der Waals surface area contributed by atoms with Crippen LogP contribution in [-0.2, 0) is 13.2 Å². The Morgan fingerprint density at radius 1 is 1.04 bits per heavy atom. The Hall–Kier alpha value is -1.02. The standard InChI is InChI=1S/C20H25BrCl2N2O3/c1-27-19-10-14(12-25-7-3-6-24-8-9-26)16(21)11-20(19)28-13-15-17(22)4-2-5-18(15)23/h2,4-5,10-11,24-26H,3,6-9,12-13H2,1H3. The number of hydrogen-bond donors (Lipinski definition) is 3. The summed E-state index contributed by atoms with van der Waals surface area (Å²) in [5.41, 5.74) is 1.81. The van der Waals surface area contributed by atoms with Gasteiger partial charge in [0.25, 0.3) is 0 Å². The second-order valence-electron chi connectivity index (χ2n) is 6.09. The Bertz CT molecular complexity index is 742. The molecular formula is C20H25BrCl2N2O3. The Morgan fingerprint density at radius 3 is 2.43 bits per heavy atom. The molecule has 0 aliphatic rings. The van der Waals surface area contributed by atoms with Gasteiger partial charge in [-0.2, -0.15) is 0 Å². The first kappa shape index (κ1) is 23.3. The van der Waals surface area contributed by atoms with Crippen LogP contribution in [-0.4, -0.2) is 38.5 Å². The van der Waals surface area contributed by atoms with Crippen LogP contribution < -0.4 is 20.1 Å². The normalized spacial score (nSPS) is 10.9. The molecule has 154 valence electrons. The third kappa shape index (κ3) is 7.10. The van der Waals surface area contributed by atoms with Crippen molar-refractivity contribution in [2.24, 2.45) is 0 Å². The molecule has 2 rings (SSSR count). The molecule has 2 aromatic carbocycles. The lowest BCUT2D eigenvalue weighted by molar-refractivity contribution is 0.284. The number of methoxy groups -OCH3 is 1. The summed E-state index contributed by atoms with van der Waals surface area (Å²) in [6, 6.07) is 9.21. The van der Waals surface area contributed by atoms with E-state index in [1.54, 1.807) is 25.3 Å². The van der Waals surface area contributed by atoms with Gasteiger partial charge in [0.2, 0.25) is 0 Å². The number of ether oxygens (including phenoxy) is 2. The molecule has 0 aromatic heterocycles. The van der Waals surface area contributed by atoms with Crippen LogP contribution in [0, 0.1) is 0 Å². The summed E-state index contributed by atoms with van der Waals surface area (Å²) in [5.74, 6) is 1.26. The SMILES string of the molecule is COc1cc(CNCCCNCCO)c(Br)cc1OCc1c(Cl)cccc1Cl. The molecule has 2 aromatic rings. The monoisotopic (exact) mass is 490 g/mol. The average molecular weight is 492 g/mol. The number of rotatable bonds is 12. The quantitative estimate of drug-likeness (QED) is 0.384. The summed E-state index contributed by atoms with van der Waals surface area (Å²) >= 11 is 16.0. The molecule has 0 aliphatic carbocycles. The van der Waals surface area contributed by atoms with Crippen molar-refractivity contribution < 1.29 is 14.6 Å². The first-order chi connectivity index (χ1) is 13.6. The van der Waals surface area contributed by atoms with E-state index in [-0.39, 0.29) is 13.2 Å². The second-order valence-corrected chi connectivity index (χ2v) is 7.76. The van der Waals surface area contributed by atoms with Gasteiger partial charge in [0.1, 0.15) is 6.61 Å².